The summed E-state index contributed by atoms with van der Waals surface area (Å²) in [7, 11) is 0. The van der Waals surface area contributed by atoms with Crippen LogP contribution in [0.25, 0.3) is 0 Å². The van der Waals surface area contributed by atoms with Crippen LogP contribution in [0.1, 0.15) is 62.9 Å². The summed E-state index contributed by atoms with van der Waals surface area (Å²) in [5, 5.41) is 12.5. The number of anilines is 1. The largest absolute Gasteiger partial charge is 0.508 e. The normalized spacial score (nSPS) is 22.6. The van der Waals surface area contributed by atoms with Gasteiger partial charge in [0, 0.05) is 80.4 Å². The lowest BCUT2D eigenvalue weighted by molar-refractivity contribution is -0.136. The zero-order valence-electron chi connectivity index (χ0n) is 26.7. The van der Waals surface area contributed by atoms with Gasteiger partial charge in [-0.05, 0) is 52.9 Å². The summed E-state index contributed by atoms with van der Waals surface area (Å²) in [6.45, 7) is 5.25. The van der Waals surface area contributed by atoms with Crippen LogP contribution in [0.4, 0.5) is 5.69 Å². The number of ether oxygens (including phenoxy) is 1. The second-order valence-electron chi connectivity index (χ2n) is 13.2. The number of aromatic hydroxyl groups is 1. The number of phenolic OH excluding ortho intramolecular Hbond substituents is 1. The molecule has 0 spiro atoms. The Kier molecular flexibility index (Phi) is 7.84. The summed E-state index contributed by atoms with van der Waals surface area (Å²) in [6.07, 6.45) is 0.614. The molecule has 8 rings (SSSR count). The van der Waals surface area contributed by atoms with Gasteiger partial charge in [-0.25, -0.2) is 0 Å². The van der Waals surface area contributed by atoms with E-state index in [1.807, 2.05) is 24.3 Å². The van der Waals surface area contributed by atoms with Crippen LogP contribution in [0.5, 0.6) is 11.5 Å². The van der Waals surface area contributed by atoms with Crippen LogP contribution in [0.3, 0.4) is 0 Å². The number of fused-ring (bicyclic) bond motifs is 2. The average molecular weight is 643 g/mol. The molecule has 0 saturated carbocycles. The van der Waals surface area contributed by atoms with E-state index < -0.39 is 6.04 Å². The number of carbonyl (C=O) groups is 3. The minimum atomic E-state index is -0.607. The topological polar surface area (TPSA) is 102 Å². The molecule has 0 bridgehead atoms. The van der Waals surface area contributed by atoms with Gasteiger partial charge in [-0.1, -0.05) is 60.7 Å². The lowest BCUT2D eigenvalue weighted by Gasteiger charge is -2.37. The zero-order valence-corrected chi connectivity index (χ0v) is 26.7. The number of piperazine rings is 1. The van der Waals surface area contributed by atoms with Crippen molar-refractivity contribution in [2.45, 2.75) is 43.8 Å². The Morgan fingerprint density at radius 2 is 1.62 bits per heavy atom. The molecule has 2 N–H and O–H groups in total. The number of hydrogen-bond acceptors (Lipinski definition) is 7. The van der Waals surface area contributed by atoms with Crippen molar-refractivity contribution in [2.75, 3.05) is 37.7 Å². The molecular weight excluding hydrogens is 604 g/mol. The molecule has 9 nitrogen and oxygen atoms in total. The highest BCUT2D eigenvalue weighted by molar-refractivity contribution is 6.05. The molecule has 4 aromatic rings. The van der Waals surface area contributed by atoms with Crippen molar-refractivity contribution in [2.24, 2.45) is 0 Å². The van der Waals surface area contributed by atoms with E-state index in [0.29, 0.717) is 25.1 Å². The number of piperidine rings is 1. The average Bonchev–Trinajstić information content (AvgIpc) is 3.45. The van der Waals surface area contributed by atoms with E-state index in [4.69, 9.17) is 4.74 Å². The van der Waals surface area contributed by atoms with E-state index >= 15 is 0 Å². The van der Waals surface area contributed by atoms with Gasteiger partial charge in [-0.2, -0.15) is 0 Å². The van der Waals surface area contributed by atoms with Crippen molar-refractivity contribution in [3.63, 3.8) is 0 Å². The maximum atomic E-state index is 13.3. The molecule has 4 aliphatic rings. The Morgan fingerprint density at radius 1 is 0.833 bits per heavy atom. The molecule has 9 heteroatoms. The second-order valence-corrected chi connectivity index (χ2v) is 13.2. The monoisotopic (exact) mass is 642 g/mol. The van der Waals surface area contributed by atoms with Gasteiger partial charge in [-0.3, -0.25) is 24.6 Å². The molecule has 4 heterocycles. The Bertz CT molecular complexity index is 1870. The maximum absolute atomic E-state index is 13.3. The van der Waals surface area contributed by atoms with Crippen molar-refractivity contribution in [3.05, 3.63) is 124 Å². The molecule has 0 aromatic heterocycles. The predicted molar refractivity (Wildman–Crippen MR) is 181 cm³/mol. The number of nitrogens with one attached hydrogen (secondary N) is 1. The fraction of sp³-hybridized carbons (Fsp3) is 0.308. The van der Waals surface area contributed by atoms with Gasteiger partial charge in [0.2, 0.25) is 11.8 Å². The highest BCUT2D eigenvalue weighted by atomic mass is 16.5. The van der Waals surface area contributed by atoms with Crippen LogP contribution in [-0.4, -0.2) is 71.5 Å². The Balaban J connectivity index is 0.944. The molecule has 0 aliphatic carbocycles. The van der Waals surface area contributed by atoms with Gasteiger partial charge in [-0.15, -0.1) is 0 Å². The number of phenols is 1. The molecule has 2 saturated heterocycles. The molecule has 1 unspecified atom stereocenters. The van der Waals surface area contributed by atoms with E-state index in [9.17, 15) is 19.5 Å². The van der Waals surface area contributed by atoms with Crippen LogP contribution in [-0.2, 0) is 22.7 Å². The Morgan fingerprint density at radius 3 is 2.40 bits per heavy atom. The first-order valence-corrected chi connectivity index (χ1v) is 16.8. The summed E-state index contributed by atoms with van der Waals surface area (Å²) in [5.41, 5.74) is 7.51. The number of nitrogens with zero attached hydrogens (tertiary/aromatic N) is 3. The summed E-state index contributed by atoms with van der Waals surface area (Å²) in [4.78, 5) is 43.9. The molecule has 244 valence electrons. The van der Waals surface area contributed by atoms with Gasteiger partial charge >= 0.3 is 0 Å². The van der Waals surface area contributed by atoms with Crippen molar-refractivity contribution in [3.8, 4) is 11.5 Å². The third-order valence-electron chi connectivity index (χ3n) is 10.4. The van der Waals surface area contributed by atoms with E-state index in [0.717, 1.165) is 55.2 Å². The first kappa shape index (κ1) is 30.2. The summed E-state index contributed by atoms with van der Waals surface area (Å²) >= 11 is 0. The van der Waals surface area contributed by atoms with E-state index in [1.54, 1.807) is 17.0 Å². The highest BCUT2D eigenvalue weighted by Gasteiger charge is 2.40. The number of amides is 3. The smallest absolute Gasteiger partial charge is 0.255 e. The lowest BCUT2D eigenvalue weighted by Crippen LogP contribution is -2.52. The standard InChI is InChI=1S/C39H38N4O5/c44-29-13-14-31-35(21-29)48-24-33(25-5-2-1-3-6-25)37(31)26-9-11-28(12-10-26)42-19-17-41(18-20-42)22-27-7-4-8-30-32(27)23-43(39(30)47)34-15-16-36(45)40-38(34)46/h1-14,21,33-34,37,44H,15-20,22-24H2,(H,40,45,46)/t33-,34?,37-/m1/s1. The summed E-state index contributed by atoms with van der Waals surface area (Å²) in [5.74, 6) is 0.416. The first-order chi connectivity index (χ1) is 23.4. The number of imide groups is 1. The fourth-order valence-corrected chi connectivity index (χ4v) is 7.89. The summed E-state index contributed by atoms with van der Waals surface area (Å²) < 4.78 is 6.15. The molecule has 0 radical (unpaired) electrons. The maximum Gasteiger partial charge on any atom is 0.255 e. The fourth-order valence-electron chi connectivity index (χ4n) is 7.89. The molecule has 4 aromatic carbocycles. The quantitative estimate of drug-likeness (QED) is 0.292. The van der Waals surface area contributed by atoms with E-state index in [-0.39, 0.29) is 41.7 Å². The van der Waals surface area contributed by atoms with Crippen molar-refractivity contribution in [1.29, 1.82) is 0 Å². The van der Waals surface area contributed by atoms with Gasteiger partial charge in [0.25, 0.3) is 5.91 Å². The van der Waals surface area contributed by atoms with E-state index in [1.165, 1.54) is 16.8 Å². The van der Waals surface area contributed by atoms with Crippen molar-refractivity contribution < 1.29 is 24.2 Å². The van der Waals surface area contributed by atoms with E-state index in [2.05, 4.69) is 69.7 Å². The van der Waals surface area contributed by atoms with Crippen LogP contribution >= 0.6 is 0 Å². The SMILES string of the molecule is O=C1CCC(N2Cc3c(CN4CCN(c5ccc([C@@H]6c7ccc(O)cc7OC[C@@H]6c6ccccc6)cc5)CC4)cccc3C2=O)C(=O)N1. The molecular formula is C39H38N4O5. The van der Waals surface area contributed by atoms with Gasteiger partial charge in [0.05, 0.1) is 6.61 Å². The number of rotatable bonds is 6. The number of carbonyl (C=O) groups excluding carboxylic acids is 3. The van der Waals surface area contributed by atoms with Gasteiger partial charge in [0.15, 0.2) is 0 Å². The van der Waals surface area contributed by atoms with Crippen LogP contribution < -0.4 is 15.0 Å². The highest BCUT2D eigenvalue weighted by Crippen LogP contribution is 2.47. The van der Waals surface area contributed by atoms with Crippen LogP contribution in [0, 0.1) is 0 Å². The predicted octanol–water partition coefficient (Wildman–Crippen LogP) is 4.78. The van der Waals surface area contributed by atoms with Gasteiger partial charge in [0.1, 0.15) is 17.5 Å². The number of benzene rings is 4. The van der Waals surface area contributed by atoms with Crippen molar-refractivity contribution >= 4 is 23.4 Å². The first-order valence-electron chi connectivity index (χ1n) is 16.8. The number of hydrogen-bond donors (Lipinski definition) is 2. The minimum Gasteiger partial charge on any atom is -0.508 e. The third kappa shape index (κ3) is 5.58. The van der Waals surface area contributed by atoms with Crippen LogP contribution in [0.15, 0.2) is 91.0 Å². The Hall–Kier alpha value is -5.15. The molecule has 3 amide bonds. The zero-order chi connectivity index (χ0) is 32.8. The minimum absolute atomic E-state index is 0.105. The second kappa shape index (κ2) is 12.5. The molecule has 2 fully saturated rings. The molecule has 4 aliphatic heterocycles. The third-order valence-corrected chi connectivity index (χ3v) is 10.4. The van der Waals surface area contributed by atoms with Crippen molar-refractivity contribution in [1.82, 2.24) is 15.1 Å². The molecule has 3 atom stereocenters. The lowest BCUT2D eigenvalue weighted by atomic mass is 9.76. The summed E-state index contributed by atoms with van der Waals surface area (Å²) in [6, 6.07) is 30.1. The van der Waals surface area contributed by atoms with Crippen LogP contribution in [0.2, 0.25) is 0 Å². The van der Waals surface area contributed by atoms with Gasteiger partial charge < -0.3 is 19.6 Å². The molecule has 48 heavy (non-hydrogen) atoms. The Labute approximate surface area is 279 Å².